The lowest BCUT2D eigenvalue weighted by atomic mass is 9.76. The minimum absolute atomic E-state index is 0.0700. The summed E-state index contributed by atoms with van der Waals surface area (Å²) in [6, 6.07) is 7.47. The topological polar surface area (TPSA) is 55.4 Å². The van der Waals surface area contributed by atoms with E-state index in [0.29, 0.717) is 17.4 Å². The van der Waals surface area contributed by atoms with Gasteiger partial charge in [-0.1, -0.05) is 50.1 Å². The monoisotopic (exact) mass is 341 g/mol. The Kier molecular flexibility index (Phi) is 5.26. The van der Waals surface area contributed by atoms with Crippen molar-refractivity contribution in [2.75, 3.05) is 0 Å². The van der Waals surface area contributed by atoms with Crippen molar-refractivity contribution in [2.24, 2.45) is 11.8 Å². The quantitative estimate of drug-likeness (QED) is 0.514. The lowest BCUT2D eigenvalue weighted by Crippen LogP contribution is -2.52. The van der Waals surface area contributed by atoms with Gasteiger partial charge in [-0.05, 0) is 38.0 Å². The maximum atomic E-state index is 12.4. The molecule has 1 saturated carbocycles. The summed E-state index contributed by atoms with van der Waals surface area (Å²) in [7, 11) is 0. The smallest absolute Gasteiger partial charge is 0.354 e. The number of nitrogens with one attached hydrogen (secondary N) is 1. The van der Waals surface area contributed by atoms with E-state index in [1.807, 2.05) is 19.1 Å². The van der Waals surface area contributed by atoms with Crippen molar-refractivity contribution in [1.82, 2.24) is 5.32 Å². The SMILES string of the molecule is CCC(C)C1CCC2OC(=O)/C(=C\C(=O)c3ccc(C)cc3)NC2C1. The molecule has 2 fully saturated rings. The van der Waals surface area contributed by atoms with Crippen LogP contribution in [-0.2, 0) is 9.53 Å². The number of carbonyl (C=O) groups is 2. The summed E-state index contributed by atoms with van der Waals surface area (Å²) >= 11 is 0. The molecule has 1 aliphatic carbocycles. The van der Waals surface area contributed by atoms with Gasteiger partial charge < -0.3 is 10.1 Å². The van der Waals surface area contributed by atoms with E-state index in [4.69, 9.17) is 4.74 Å². The first-order valence-electron chi connectivity index (χ1n) is 9.28. The maximum absolute atomic E-state index is 12.4. The van der Waals surface area contributed by atoms with Crippen molar-refractivity contribution in [3.8, 4) is 0 Å². The number of hydrogen-bond donors (Lipinski definition) is 1. The molecule has 0 amide bonds. The van der Waals surface area contributed by atoms with Gasteiger partial charge in [0.1, 0.15) is 11.8 Å². The van der Waals surface area contributed by atoms with Gasteiger partial charge in [0.05, 0.1) is 6.04 Å². The number of fused-ring (bicyclic) bond motifs is 1. The summed E-state index contributed by atoms with van der Waals surface area (Å²) in [6.45, 7) is 6.48. The molecule has 4 heteroatoms. The summed E-state index contributed by atoms with van der Waals surface area (Å²) in [4.78, 5) is 24.7. The van der Waals surface area contributed by atoms with E-state index in [2.05, 4.69) is 19.2 Å². The molecule has 0 spiro atoms. The number of allylic oxidation sites excluding steroid dienone is 1. The molecule has 1 heterocycles. The van der Waals surface area contributed by atoms with Crippen molar-refractivity contribution in [2.45, 2.75) is 58.6 Å². The second-order valence-corrected chi connectivity index (χ2v) is 7.44. The standard InChI is InChI=1S/C21H27NO3/c1-4-14(3)16-9-10-20-17(11-16)22-18(21(24)25-20)12-19(23)15-7-5-13(2)6-8-15/h5-8,12,14,16-17,20,22H,4,9-11H2,1-3H3/b18-12+. The molecule has 0 bridgehead atoms. The van der Waals surface area contributed by atoms with Crippen LogP contribution in [0.4, 0.5) is 0 Å². The van der Waals surface area contributed by atoms with E-state index < -0.39 is 5.97 Å². The molecule has 1 aliphatic heterocycles. The Hall–Kier alpha value is -2.10. The predicted octanol–water partition coefficient (Wildman–Crippen LogP) is 3.79. The van der Waals surface area contributed by atoms with Gasteiger partial charge in [-0.3, -0.25) is 4.79 Å². The minimum atomic E-state index is -0.413. The van der Waals surface area contributed by atoms with Crippen LogP contribution in [0.15, 0.2) is 36.0 Å². The van der Waals surface area contributed by atoms with E-state index in [9.17, 15) is 9.59 Å². The summed E-state index contributed by atoms with van der Waals surface area (Å²) in [6.07, 6.45) is 5.47. The van der Waals surface area contributed by atoms with Crippen LogP contribution in [0.2, 0.25) is 0 Å². The second kappa shape index (κ2) is 7.42. The summed E-state index contributed by atoms with van der Waals surface area (Å²) in [5, 5.41) is 3.29. The highest BCUT2D eigenvalue weighted by atomic mass is 16.5. The summed E-state index contributed by atoms with van der Waals surface area (Å²) in [5.74, 6) is 0.725. The van der Waals surface area contributed by atoms with Gasteiger partial charge in [0.15, 0.2) is 5.78 Å². The number of carbonyl (C=O) groups excluding carboxylic acids is 2. The van der Waals surface area contributed by atoms with Gasteiger partial charge in [-0.15, -0.1) is 0 Å². The number of ketones is 1. The summed E-state index contributed by atoms with van der Waals surface area (Å²) in [5.41, 5.74) is 1.97. The van der Waals surface area contributed by atoms with Crippen LogP contribution in [0.1, 0.15) is 55.5 Å². The number of aryl methyl sites for hydroxylation is 1. The van der Waals surface area contributed by atoms with Gasteiger partial charge >= 0.3 is 5.97 Å². The van der Waals surface area contributed by atoms with Crippen LogP contribution >= 0.6 is 0 Å². The molecule has 4 unspecified atom stereocenters. The molecule has 4 nitrogen and oxygen atoms in total. The van der Waals surface area contributed by atoms with Gasteiger partial charge in [-0.2, -0.15) is 0 Å². The van der Waals surface area contributed by atoms with Crippen LogP contribution < -0.4 is 5.32 Å². The average molecular weight is 341 g/mol. The Labute approximate surface area is 149 Å². The van der Waals surface area contributed by atoms with E-state index >= 15 is 0 Å². The maximum Gasteiger partial charge on any atom is 0.354 e. The first-order valence-corrected chi connectivity index (χ1v) is 9.28. The molecule has 25 heavy (non-hydrogen) atoms. The van der Waals surface area contributed by atoms with Crippen molar-refractivity contribution in [3.63, 3.8) is 0 Å². The highest BCUT2D eigenvalue weighted by Crippen LogP contribution is 2.35. The fourth-order valence-corrected chi connectivity index (χ4v) is 3.81. The van der Waals surface area contributed by atoms with Crippen LogP contribution in [0.25, 0.3) is 0 Å². The molecular weight excluding hydrogens is 314 g/mol. The van der Waals surface area contributed by atoms with Crippen molar-refractivity contribution in [3.05, 3.63) is 47.2 Å². The molecule has 2 aliphatic rings. The number of ether oxygens (including phenoxy) is 1. The minimum Gasteiger partial charge on any atom is -0.456 e. The van der Waals surface area contributed by atoms with E-state index in [0.717, 1.165) is 31.2 Å². The molecule has 1 aromatic carbocycles. The Morgan fingerprint density at radius 3 is 2.72 bits per heavy atom. The molecule has 3 rings (SSSR count). The average Bonchev–Trinajstić information content (AvgIpc) is 2.61. The van der Waals surface area contributed by atoms with Gasteiger partial charge in [0.25, 0.3) is 0 Å². The lowest BCUT2D eigenvalue weighted by molar-refractivity contribution is -0.153. The molecule has 1 N–H and O–H groups in total. The van der Waals surface area contributed by atoms with E-state index in [1.54, 1.807) is 12.1 Å². The molecule has 1 saturated heterocycles. The normalized spacial score (nSPS) is 28.7. The molecule has 0 radical (unpaired) electrons. The Bertz CT molecular complexity index is 677. The number of morpholine rings is 1. The fraction of sp³-hybridized carbons (Fsp3) is 0.524. The van der Waals surface area contributed by atoms with Crippen LogP contribution in [-0.4, -0.2) is 23.9 Å². The highest BCUT2D eigenvalue weighted by molar-refractivity contribution is 6.08. The third-order valence-corrected chi connectivity index (χ3v) is 5.71. The van der Waals surface area contributed by atoms with Crippen LogP contribution in [0.3, 0.4) is 0 Å². The third kappa shape index (κ3) is 3.94. The second-order valence-electron chi connectivity index (χ2n) is 7.44. The first kappa shape index (κ1) is 17.7. The number of esters is 1. The molecule has 0 aromatic heterocycles. The van der Waals surface area contributed by atoms with E-state index in [1.165, 1.54) is 6.08 Å². The van der Waals surface area contributed by atoms with Gasteiger partial charge in [0, 0.05) is 11.6 Å². The zero-order chi connectivity index (χ0) is 18.0. The van der Waals surface area contributed by atoms with Crippen LogP contribution in [0.5, 0.6) is 0 Å². The zero-order valence-electron chi connectivity index (χ0n) is 15.2. The number of rotatable bonds is 4. The number of hydrogen-bond acceptors (Lipinski definition) is 4. The molecule has 1 aromatic rings. The Balaban J connectivity index is 1.73. The fourth-order valence-electron chi connectivity index (χ4n) is 3.81. The Morgan fingerprint density at radius 2 is 2.04 bits per heavy atom. The zero-order valence-corrected chi connectivity index (χ0v) is 15.2. The third-order valence-electron chi connectivity index (χ3n) is 5.71. The molecular formula is C21H27NO3. The predicted molar refractivity (Wildman–Crippen MR) is 97.2 cm³/mol. The molecule has 134 valence electrons. The highest BCUT2D eigenvalue weighted by Gasteiger charge is 2.39. The Morgan fingerprint density at radius 1 is 1.32 bits per heavy atom. The lowest BCUT2D eigenvalue weighted by Gasteiger charge is -2.41. The first-order chi connectivity index (χ1) is 12.0. The largest absolute Gasteiger partial charge is 0.456 e. The summed E-state index contributed by atoms with van der Waals surface area (Å²) < 4.78 is 5.60. The van der Waals surface area contributed by atoms with Crippen LogP contribution in [0, 0.1) is 18.8 Å². The van der Waals surface area contributed by atoms with Crippen molar-refractivity contribution in [1.29, 1.82) is 0 Å². The van der Waals surface area contributed by atoms with Crippen molar-refractivity contribution < 1.29 is 14.3 Å². The number of benzene rings is 1. The van der Waals surface area contributed by atoms with Crippen molar-refractivity contribution >= 4 is 11.8 Å². The van der Waals surface area contributed by atoms with E-state index in [-0.39, 0.29) is 23.6 Å². The molecule has 4 atom stereocenters. The van der Waals surface area contributed by atoms with Gasteiger partial charge in [0.2, 0.25) is 0 Å². The van der Waals surface area contributed by atoms with Gasteiger partial charge in [-0.25, -0.2) is 4.79 Å².